The molecule has 2 aromatic carbocycles. The lowest BCUT2D eigenvalue weighted by atomic mass is 9.81. The van der Waals surface area contributed by atoms with Gasteiger partial charge in [-0.25, -0.2) is 0 Å². The van der Waals surface area contributed by atoms with Gasteiger partial charge in [-0.1, -0.05) is 36.4 Å². The molecule has 2 aliphatic rings. The third kappa shape index (κ3) is 3.74. The van der Waals surface area contributed by atoms with Crippen molar-refractivity contribution in [1.29, 1.82) is 0 Å². The fourth-order valence-corrected chi connectivity index (χ4v) is 6.39. The van der Waals surface area contributed by atoms with Crippen molar-refractivity contribution in [2.24, 2.45) is 5.92 Å². The van der Waals surface area contributed by atoms with E-state index in [1.54, 1.807) is 17.4 Å². The van der Waals surface area contributed by atoms with E-state index in [1.165, 1.54) is 15.0 Å². The van der Waals surface area contributed by atoms with Gasteiger partial charge < -0.3 is 14.2 Å². The summed E-state index contributed by atoms with van der Waals surface area (Å²) in [5, 5.41) is 1.22. The minimum Gasteiger partial charge on any atom is -0.484 e. The number of para-hydroxylation sites is 1. The van der Waals surface area contributed by atoms with E-state index in [4.69, 9.17) is 4.74 Å². The van der Waals surface area contributed by atoms with E-state index in [0.717, 1.165) is 17.7 Å². The number of ether oxygens (including phenoxy) is 1. The Hall–Kier alpha value is -3.38. The number of likely N-dealkylation sites (tertiary alicyclic amines) is 1. The quantitative estimate of drug-likeness (QED) is 0.445. The lowest BCUT2D eigenvalue weighted by Crippen LogP contribution is -2.50. The molecule has 0 radical (unpaired) electrons. The maximum absolute atomic E-state index is 13.0. The van der Waals surface area contributed by atoms with E-state index in [1.807, 2.05) is 45.9 Å². The number of benzene rings is 2. The van der Waals surface area contributed by atoms with Crippen LogP contribution in [-0.4, -0.2) is 35.1 Å². The first-order valence-electron chi connectivity index (χ1n) is 11.3. The van der Waals surface area contributed by atoms with Gasteiger partial charge in [0.05, 0.1) is 0 Å². The van der Waals surface area contributed by atoms with Crippen molar-refractivity contribution in [2.45, 2.75) is 18.9 Å². The third-order valence-corrected chi connectivity index (χ3v) is 7.89. The number of thiophene rings is 1. The Balaban J connectivity index is 1.30. The lowest BCUT2D eigenvalue weighted by molar-refractivity contribution is -0.136. The largest absolute Gasteiger partial charge is 0.484 e. The number of hydrogen-bond acceptors (Lipinski definition) is 4. The van der Waals surface area contributed by atoms with Crippen molar-refractivity contribution < 1.29 is 9.53 Å². The second-order valence-electron chi connectivity index (χ2n) is 8.93. The molecule has 2 aliphatic heterocycles. The average molecular weight is 457 g/mol. The number of carbonyl (C=O) groups excluding carboxylic acids is 1. The zero-order valence-corrected chi connectivity index (χ0v) is 19.0. The van der Waals surface area contributed by atoms with Crippen LogP contribution in [0.1, 0.15) is 18.0 Å². The van der Waals surface area contributed by atoms with Gasteiger partial charge in [-0.15, -0.1) is 11.3 Å². The summed E-state index contributed by atoms with van der Waals surface area (Å²) in [6, 6.07) is 23.7. The van der Waals surface area contributed by atoms with Crippen LogP contribution in [0.3, 0.4) is 0 Å². The minimum absolute atomic E-state index is 0.00342. The lowest BCUT2D eigenvalue weighted by Gasteiger charge is -2.43. The number of aromatic nitrogens is 1. The Kier molecular flexibility index (Phi) is 5.03. The molecule has 0 N–H and O–H groups in total. The molecule has 2 bridgehead atoms. The molecule has 0 aliphatic carbocycles. The molecule has 2 unspecified atom stereocenters. The molecule has 2 aromatic heterocycles. The summed E-state index contributed by atoms with van der Waals surface area (Å²) in [6.07, 6.45) is 1.00. The first-order chi connectivity index (χ1) is 16.2. The second kappa shape index (κ2) is 8.19. The van der Waals surface area contributed by atoms with Crippen LogP contribution in [0.4, 0.5) is 0 Å². The minimum atomic E-state index is 0.00342. The first kappa shape index (κ1) is 20.2. The summed E-state index contributed by atoms with van der Waals surface area (Å²) in [5.41, 5.74) is 2.25. The number of rotatable bonds is 4. The van der Waals surface area contributed by atoms with Crippen LogP contribution in [0.25, 0.3) is 20.5 Å². The van der Waals surface area contributed by atoms with E-state index in [9.17, 15) is 9.59 Å². The van der Waals surface area contributed by atoms with Gasteiger partial charge in [0, 0.05) is 52.5 Å². The van der Waals surface area contributed by atoms with Gasteiger partial charge in [0.15, 0.2) is 6.61 Å². The van der Waals surface area contributed by atoms with E-state index in [-0.39, 0.29) is 29.9 Å². The number of pyridine rings is 1. The molecule has 5 nitrogen and oxygen atoms in total. The third-order valence-electron chi connectivity index (χ3n) is 6.74. The first-order valence-corrected chi connectivity index (χ1v) is 12.2. The SMILES string of the molecule is O=C(COc1ccccc1)N1CC2CC(C1)c1c(-c3cc4ccccc4s3)ccc(=O)n1C2. The van der Waals surface area contributed by atoms with Gasteiger partial charge in [-0.05, 0) is 48.1 Å². The van der Waals surface area contributed by atoms with Crippen LogP contribution in [0, 0.1) is 5.92 Å². The molecule has 1 amide bonds. The van der Waals surface area contributed by atoms with Gasteiger partial charge in [0.25, 0.3) is 11.5 Å². The van der Waals surface area contributed by atoms with Gasteiger partial charge in [0.1, 0.15) is 5.75 Å². The van der Waals surface area contributed by atoms with Crippen molar-refractivity contribution >= 4 is 27.3 Å². The molecular weight excluding hydrogens is 432 g/mol. The molecule has 1 fully saturated rings. The topological polar surface area (TPSA) is 51.5 Å². The van der Waals surface area contributed by atoms with Crippen LogP contribution < -0.4 is 10.3 Å². The van der Waals surface area contributed by atoms with Crippen molar-refractivity contribution in [3.63, 3.8) is 0 Å². The van der Waals surface area contributed by atoms with Gasteiger partial charge in [0.2, 0.25) is 0 Å². The maximum Gasteiger partial charge on any atom is 0.260 e. The predicted molar refractivity (Wildman–Crippen MR) is 131 cm³/mol. The normalized spacial score (nSPS) is 19.3. The number of piperidine rings is 1. The predicted octanol–water partition coefficient (Wildman–Crippen LogP) is 4.75. The zero-order valence-electron chi connectivity index (χ0n) is 18.1. The highest BCUT2D eigenvalue weighted by Gasteiger charge is 2.38. The Labute approximate surface area is 195 Å². The highest BCUT2D eigenvalue weighted by molar-refractivity contribution is 7.22. The fraction of sp³-hybridized carbons (Fsp3) is 0.259. The van der Waals surface area contributed by atoms with Crippen LogP contribution in [0.15, 0.2) is 77.6 Å². The fourth-order valence-electron chi connectivity index (χ4n) is 5.29. The summed E-state index contributed by atoms with van der Waals surface area (Å²) in [7, 11) is 0. The summed E-state index contributed by atoms with van der Waals surface area (Å²) >= 11 is 1.76. The molecule has 6 rings (SSSR count). The summed E-state index contributed by atoms with van der Waals surface area (Å²) in [5.74, 6) is 1.13. The van der Waals surface area contributed by atoms with Crippen LogP contribution in [0.5, 0.6) is 5.75 Å². The Morgan fingerprint density at radius 2 is 1.79 bits per heavy atom. The van der Waals surface area contributed by atoms with Crippen molar-refractivity contribution in [2.75, 3.05) is 19.7 Å². The van der Waals surface area contributed by atoms with Crippen LogP contribution in [0.2, 0.25) is 0 Å². The van der Waals surface area contributed by atoms with Crippen molar-refractivity contribution in [3.8, 4) is 16.2 Å². The Bertz CT molecular complexity index is 1360. The van der Waals surface area contributed by atoms with Crippen molar-refractivity contribution in [1.82, 2.24) is 9.47 Å². The number of fused-ring (bicyclic) bond motifs is 5. The molecule has 0 spiro atoms. The van der Waals surface area contributed by atoms with Gasteiger partial charge >= 0.3 is 0 Å². The average Bonchev–Trinajstić information content (AvgIpc) is 3.28. The molecule has 0 saturated carbocycles. The number of hydrogen-bond donors (Lipinski definition) is 0. The van der Waals surface area contributed by atoms with E-state index < -0.39 is 0 Å². The van der Waals surface area contributed by atoms with Gasteiger partial charge in [-0.3, -0.25) is 9.59 Å². The van der Waals surface area contributed by atoms with E-state index >= 15 is 0 Å². The zero-order chi connectivity index (χ0) is 22.4. The van der Waals surface area contributed by atoms with Gasteiger partial charge in [-0.2, -0.15) is 0 Å². The van der Waals surface area contributed by atoms with Crippen LogP contribution >= 0.6 is 11.3 Å². The smallest absolute Gasteiger partial charge is 0.260 e. The molecule has 6 heteroatoms. The summed E-state index contributed by atoms with van der Waals surface area (Å²) in [6.45, 7) is 1.99. The summed E-state index contributed by atoms with van der Waals surface area (Å²) < 4.78 is 8.91. The maximum atomic E-state index is 13.0. The summed E-state index contributed by atoms with van der Waals surface area (Å²) in [4.78, 5) is 28.9. The molecule has 2 atom stereocenters. The molecule has 1 saturated heterocycles. The Morgan fingerprint density at radius 1 is 0.970 bits per heavy atom. The molecule has 4 aromatic rings. The second-order valence-corrected chi connectivity index (χ2v) is 10.0. The Morgan fingerprint density at radius 3 is 2.64 bits per heavy atom. The standard InChI is InChI=1S/C27H24N2O3S/c30-25-11-10-22(24-13-19-6-4-5-9-23(19)33-24)27-20-12-18(15-29(25)27)14-28(16-20)26(31)17-32-21-7-2-1-3-8-21/h1-11,13,18,20H,12,14-17H2. The number of amides is 1. The van der Waals surface area contributed by atoms with E-state index in [0.29, 0.717) is 25.4 Å². The number of carbonyl (C=O) groups is 1. The van der Waals surface area contributed by atoms with Crippen LogP contribution in [-0.2, 0) is 11.3 Å². The van der Waals surface area contributed by atoms with Crippen molar-refractivity contribution in [3.05, 3.63) is 88.8 Å². The number of nitrogens with zero attached hydrogens (tertiary/aromatic N) is 2. The highest BCUT2D eigenvalue weighted by atomic mass is 32.1. The van der Waals surface area contributed by atoms with E-state index in [2.05, 4.69) is 30.3 Å². The highest BCUT2D eigenvalue weighted by Crippen LogP contribution is 2.42. The molecular formula is C27H24N2O3S. The monoisotopic (exact) mass is 456 g/mol. The molecule has 4 heterocycles. The molecule has 166 valence electrons. The molecule has 33 heavy (non-hydrogen) atoms.